The zero-order chi connectivity index (χ0) is 15.1. The number of phenols is 1. The number of carbonyl (C=O) groups excluding carboxylic acids is 1. The molecule has 4 nitrogen and oxygen atoms in total. The number of ketones is 1. The number of hydrogen-bond donors (Lipinski definition) is 1. The molecule has 3 aromatic rings. The molecule has 0 aliphatic carbocycles. The summed E-state index contributed by atoms with van der Waals surface area (Å²) < 4.78 is 5.71. The molecule has 0 aliphatic heterocycles. The van der Waals surface area contributed by atoms with Gasteiger partial charge in [-0.25, -0.2) is 0 Å². The van der Waals surface area contributed by atoms with E-state index in [1.54, 1.807) is 31.2 Å². The Morgan fingerprint density at radius 1 is 1.19 bits per heavy atom. The molecule has 3 rings (SSSR count). The van der Waals surface area contributed by atoms with E-state index < -0.39 is 0 Å². The van der Waals surface area contributed by atoms with Gasteiger partial charge in [0.2, 0.25) is 5.43 Å². The summed E-state index contributed by atoms with van der Waals surface area (Å²) in [6.07, 6.45) is 0.302. The van der Waals surface area contributed by atoms with Crippen molar-refractivity contribution >= 4 is 27.7 Å². The number of fused-ring (bicyclic) bond motifs is 2. The lowest BCUT2D eigenvalue weighted by atomic mass is 9.99. The molecule has 1 N–H and O–H groups in total. The fourth-order valence-corrected chi connectivity index (χ4v) is 2.55. The van der Waals surface area contributed by atoms with Crippen molar-refractivity contribution in [3.05, 3.63) is 51.7 Å². The van der Waals surface area contributed by atoms with Crippen LogP contribution in [0.2, 0.25) is 0 Å². The lowest BCUT2D eigenvalue weighted by molar-refractivity contribution is 0.0989. The molecule has 0 amide bonds. The maximum atomic E-state index is 12.7. The Morgan fingerprint density at radius 3 is 2.67 bits per heavy atom. The number of rotatable bonds is 2. The molecule has 0 fully saturated rings. The Kier molecular flexibility index (Phi) is 3.01. The first kappa shape index (κ1) is 13.4. The number of benzene rings is 2. The summed E-state index contributed by atoms with van der Waals surface area (Å²) in [6.45, 7) is 3.59. The van der Waals surface area contributed by atoms with Crippen molar-refractivity contribution in [1.82, 2.24) is 0 Å². The third-order valence-corrected chi connectivity index (χ3v) is 3.55. The molecule has 0 unspecified atom stereocenters. The average Bonchev–Trinajstić information content (AvgIpc) is 2.45. The van der Waals surface area contributed by atoms with Crippen LogP contribution in [0.3, 0.4) is 0 Å². The molecule has 0 bridgehead atoms. The van der Waals surface area contributed by atoms with Crippen LogP contribution in [-0.4, -0.2) is 10.9 Å². The molecule has 2 aromatic carbocycles. The van der Waals surface area contributed by atoms with Crippen LogP contribution < -0.4 is 5.43 Å². The third-order valence-electron chi connectivity index (χ3n) is 3.55. The normalized spacial score (nSPS) is 11.1. The number of aromatic hydroxyl groups is 1. The molecule has 0 spiro atoms. The van der Waals surface area contributed by atoms with Gasteiger partial charge in [0.25, 0.3) is 0 Å². The van der Waals surface area contributed by atoms with Gasteiger partial charge in [-0.05, 0) is 36.8 Å². The van der Waals surface area contributed by atoms with Gasteiger partial charge in [-0.1, -0.05) is 13.0 Å². The topological polar surface area (TPSA) is 67.5 Å². The van der Waals surface area contributed by atoms with Crippen molar-refractivity contribution in [3.8, 4) is 5.75 Å². The van der Waals surface area contributed by atoms with Crippen molar-refractivity contribution in [2.45, 2.75) is 20.3 Å². The molecule has 4 heteroatoms. The molecule has 106 valence electrons. The van der Waals surface area contributed by atoms with E-state index in [1.807, 2.05) is 6.92 Å². The predicted molar refractivity (Wildman–Crippen MR) is 81.0 cm³/mol. The minimum atomic E-state index is -0.374. The molecular weight excluding hydrogens is 268 g/mol. The molecule has 0 saturated heterocycles. The van der Waals surface area contributed by atoms with Crippen molar-refractivity contribution in [2.75, 3.05) is 0 Å². The van der Waals surface area contributed by atoms with Gasteiger partial charge < -0.3 is 9.52 Å². The molecule has 0 aliphatic rings. The van der Waals surface area contributed by atoms with Gasteiger partial charge >= 0.3 is 0 Å². The molecule has 21 heavy (non-hydrogen) atoms. The summed E-state index contributed by atoms with van der Waals surface area (Å²) in [5, 5.41) is 10.3. The highest BCUT2D eigenvalue weighted by Crippen LogP contribution is 2.27. The Balaban J connectivity index is 2.59. The van der Waals surface area contributed by atoms with Crippen molar-refractivity contribution in [3.63, 3.8) is 0 Å². The quantitative estimate of drug-likeness (QED) is 0.576. The smallest absolute Gasteiger partial charge is 0.205 e. The van der Waals surface area contributed by atoms with Gasteiger partial charge in [-0.2, -0.15) is 0 Å². The SMILES string of the molecule is CCC(=O)c1cc(C)cc2oc3cccc(O)c3c(=O)c12. The number of Topliss-reactive ketones (excluding diaryl/α,β-unsaturated/α-hetero) is 1. The number of hydrogen-bond acceptors (Lipinski definition) is 4. The highest BCUT2D eigenvalue weighted by molar-refractivity contribution is 6.09. The van der Waals surface area contributed by atoms with Crippen LogP contribution in [0.1, 0.15) is 29.3 Å². The van der Waals surface area contributed by atoms with Crippen LogP contribution >= 0.6 is 0 Å². The summed E-state index contributed by atoms with van der Waals surface area (Å²) in [5.41, 5.74) is 1.51. The first-order chi connectivity index (χ1) is 10.0. The molecule has 0 saturated carbocycles. The van der Waals surface area contributed by atoms with Gasteiger partial charge in [-0.15, -0.1) is 0 Å². The summed E-state index contributed by atoms with van der Waals surface area (Å²) in [7, 11) is 0. The average molecular weight is 282 g/mol. The zero-order valence-electron chi connectivity index (χ0n) is 11.8. The Labute approximate surface area is 120 Å². The first-order valence-electron chi connectivity index (χ1n) is 6.75. The van der Waals surface area contributed by atoms with E-state index in [9.17, 15) is 14.7 Å². The number of carbonyl (C=O) groups is 1. The van der Waals surface area contributed by atoms with E-state index in [-0.39, 0.29) is 27.7 Å². The zero-order valence-corrected chi connectivity index (χ0v) is 11.8. The summed E-state index contributed by atoms with van der Waals surface area (Å²) >= 11 is 0. The second-order valence-electron chi connectivity index (χ2n) is 5.04. The minimum Gasteiger partial charge on any atom is -0.507 e. The van der Waals surface area contributed by atoms with Crippen molar-refractivity contribution in [1.29, 1.82) is 0 Å². The summed E-state index contributed by atoms with van der Waals surface area (Å²) in [4.78, 5) is 24.8. The van der Waals surface area contributed by atoms with Crippen LogP contribution in [0.5, 0.6) is 5.75 Å². The van der Waals surface area contributed by atoms with Gasteiger partial charge in [0.05, 0.1) is 5.39 Å². The molecule has 1 aromatic heterocycles. The third kappa shape index (κ3) is 2.00. The highest BCUT2D eigenvalue weighted by Gasteiger charge is 2.17. The van der Waals surface area contributed by atoms with Crippen LogP contribution in [-0.2, 0) is 0 Å². The van der Waals surface area contributed by atoms with E-state index in [2.05, 4.69) is 0 Å². The fraction of sp³-hybridized carbons (Fsp3) is 0.176. The largest absolute Gasteiger partial charge is 0.507 e. The lowest BCUT2D eigenvalue weighted by Crippen LogP contribution is -2.09. The Bertz CT molecular complexity index is 935. The fourth-order valence-electron chi connectivity index (χ4n) is 2.55. The predicted octanol–water partition coefficient (Wildman–Crippen LogP) is 3.55. The van der Waals surface area contributed by atoms with E-state index in [4.69, 9.17) is 4.42 Å². The second kappa shape index (κ2) is 4.74. The van der Waals surface area contributed by atoms with E-state index >= 15 is 0 Å². The van der Waals surface area contributed by atoms with Gasteiger partial charge in [0.1, 0.15) is 22.3 Å². The summed E-state index contributed by atoms with van der Waals surface area (Å²) in [6, 6.07) is 8.09. The van der Waals surface area contributed by atoms with Crippen LogP contribution in [0.4, 0.5) is 0 Å². The molecule has 0 atom stereocenters. The van der Waals surface area contributed by atoms with Crippen molar-refractivity contribution in [2.24, 2.45) is 0 Å². The maximum Gasteiger partial charge on any atom is 0.205 e. The standard InChI is InChI=1S/C17H14O4/c1-3-11(18)10-7-9(2)8-14-15(10)17(20)16-12(19)5-4-6-13(16)21-14/h4-8,19H,3H2,1-2H3. The van der Waals surface area contributed by atoms with Crippen LogP contribution in [0, 0.1) is 6.92 Å². The van der Waals surface area contributed by atoms with Gasteiger partial charge in [0.15, 0.2) is 5.78 Å². The summed E-state index contributed by atoms with van der Waals surface area (Å²) in [5.74, 6) is -0.260. The van der Waals surface area contributed by atoms with Gasteiger partial charge in [-0.3, -0.25) is 9.59 Å². The van der Waals surface area contributed by atoms with E-state index in [0.29, 0.717) is 23.2 Å². The van der Waals surface area contributed by atoms with E-state index in [1.165, 1.54) is 6.07 Å². The van der Waals surface area contributed by atoms with Gasteiger partial charge in [0, 0.05) is 12.0 Å². The molecule has 0 radical (unpaired) electrons. The van der Waals surface area contributed by atoms with Crippen LogP contribution in [0.15, 0.2) is 39.5 Å². The maximum absolute atomic E-state index is 12.7. The van der Waals surface area contributed by atoms with Crippen LogP contribution in [0.25, 0.3) is 21.9 Å². The molecule has 1 heterocycles. The van der Waals surface area contributed by atoms with Crippen molar-refractivity contribution < 1.29 is 14.3 Å². The Morgan fingerprint density at radius 2 is 1.95 bits per heavy atom. The number of phenolic OH excluding ortho intramolecular Hbond substituents is 1. The number of aryl methyl sites for hydroxylation is 1. The lowest BCUT2D eigenvalue weighted by Gasteiger charge is -2.08. The minimum absolute atomic E-state index is 0.110. The monoisotopic (exact) mass is 282 g/mol. The highest BCUT2D eigenvalue weighted by atomic mass is 16.3. The Hall–Kier alpha value is -2.62. The first-order valence-corrected chi connectivity index (χ1v) is 6.75. The van der Waals surface area contributed by atoms with E-state index in [0.717, 1.165) is 5.56 Å². The molecular formula is C17H14O4. The second-order valence-corrected chi connectivity index (χ2v) is 5.04.